The Morgan fingerprint density at radius 2 is 1.84 bits per heavy atom. The Hall–Kier alpha value is -1.84. The zero-order valence-electron chi connectivity index (χ0n) is 9.68. The van der Waals surface area contributed by atoms with Gasteiger partial charge in [-0.3, -0.25) is 9.36 Å². The van der Waals surface area contributed by atoms with Crippen LogP contribution in [0.4, 0.5) is 0 Å². The molecule has 19 heavy (non-hydrogen) atoms. The van der Waals surface area contributed by atoms with Gasteiger partial charge < -0.3 is 0 Å². The number of hydrogen-bond acceptors (Lipinski definition) is 2. The zero-order chi connectivity index (χ0) is 13.4. The Kier molecular flexibility index (Phi) is 3.01. The standard InChI is InChI=1S/C14H8Cl2N2O/c15-9-5-6-10-12(7-9)17-8-18(14(10)19)13-4-2-1-3-11(13)16/h1-8H. The van der Waals surface area contributed by atoms with E-state index in [1.54, 1.807) is 30.3 Å². The highest BCUT2D eigenvalue weighted by molar-refractivity contribution is 6.32. The largest absolute Gasteiger partial charge is 0.268 e. The molecule has 0 saturated carbocycles. The monoisotopic (exact) mass is 290 g/mol. The molecule has 0 fully saturated rings. The van der Waals surface area contributed by atoms with Crippen molar-refractivity contribution in [3.05, 3.63) is 69.2 Å². The fourth-order valence-electron chi connectivity index (χ4n) is 1.91. The summed E-state index contributed by atoms with van der Waals surface area (Å²) in [6, 6.07) is 12.1. The summed E-state index contributed by atoms with van der Waals surface area (Å²) < 4.78 is 1.43. The third kappa shape index (κ3) is 2.11. The maximum Gasteiger partial charge on any atom is 0.265 e. The summed E-state index contributed by atoms with van der Waals surface area (Å²) in [5.41, 5.74) is 1.01. The van der Waals surface area contributed by atoms with E-state index in [1.165, 1.54) is 10.9 Å². The molecule has 3 nitrogen and oxygen atoms in total. The van der Waals surface area contributed by atoms with Gasteiger partial charge in [0.1, 0.15) is 6.33 Å². The molecule has 3 rings (SSSR count). The van der Waals surface area contributed by atoms with Crippen LogP contribution in [0.1, 0.15) is 0 Å². The summed E-state index contributed by atoms with van der Waals surface area (Å²) in [4.78, 5) is 16.7. The van der Waals surface area contributed by atoms with Crippen molar-refractivity contribution in [1.82, 2.24) is 9.55 Å². The molecule has 0 atom stereocenters. The predicted octanol–water partition coefficient (Wildman–Crippen LogP) is 3.69. The number of rotatable bonds is 1. The number of nitrogens with zero attached hydrogens (tertiary/aromatic N) is 2. The van der Waals surface area contributed by atoms with E-state index in [4.69, 9.17) is 23.2 Å². The summed E-state index contributed by atoms with van der Waals surface area (Å²) in [6.07, 6.45) is 1.46. The second-order valence-electron chi connectivity index (χ2n) is 4.03. The molecular weight excluding hydrogens is 283 g/mol. The molecule has 0 unspecified atom stereocenters. The zero-order valence-corrected chi connectivity index (χ0v) is 11.2. The maximum absolute atomic E-state index is 12.4. The number of fused-ring (bicyclic) bond motifs is 1. The minimum absolute atomic E-state index is 0.172. The van der Waals surface area contributed by atoms with Crippen LogP contribution in [-0.2, 0) is 0 Å². The first-order valence-corrected chi connectivity index (χ1v) is 6.34. The van der Waals surface area contributed by atoms with Gasteiger partial charge in [-0.25, -0.2) is 4.98 Å². The minimum atomic E-state index is -0.172. The van der Waals surface area contributed by atoms with Crippen molar-refractivity contribution in [3.8, 4) is 5.69 Å². The van der Waals surface area contributed by atoms with E-state index in [2.05, 4.69) is 4.98 Å². The molecule has 0 saturated heterocycles. The molecule has 2 aromatic carbocycles. The Morgan fingerprint density at radius 3 is 2.63 bits per heavy atom. The third-order valence-electron chi connectivity index (χ3n) is 2.83. The van der Waals surface area contributed by atoms with Crippen molar-refractivity contribution in [2.24, 2.45) is 0 Å². The Labute approximate surface area is 119 Å². The molecule has 0 bridgehead atoms. The van der Waals surface area contributed by atoms with Gasteiger partial charge in [-0.1, -0.05) is 35.3 Å². The van der Waals surface area contributed by atoms with Crippen molar-refractivity contribution in [1.29, 1.82) is 0 Å². The highest BCUT2D eigenvalue weighted by Crippen LogP contribution is 2.19. The van der Waals surface area contributed by atoms with Crippen LogP contribution in [0.2, 0.25) is 10.0 Å². The van der Waals surface area contributed by atoms with Crippen LogP contribution >= 0.6 is 23.2 Å². The van der Waals surface area contributed by atoms with Crippen molar-refractivity contribution < 1.29 is 0 Å². The lowest BCUT2D eigenvalue weighted by Crippen LogP contribution is -2.19. The second-order valence-corrected chi connectivity index (χ2v) is 4.88. The molecule has 0 aliphatic rings. The van der Waals surface area contributed by atoms with Gasteiger partial charge in [0.2, 0.25) is 0 Å². The van der Waals surface area contributed by atoms with Crippen LogP contribution in [0, 0.1) is 0 Å². The highest BCUT2D eigenvalue weighted by Gasteiger charge is 2.08. The summed E-state index contributed by atoms with van der Waals surface area (Å²) in [5.74, 6) is 0. The SMILES string of the molecule is O=c1c2ccc(Cl)cc2ncn1-c1ccccc1Cl. The summed E-state index contributed by atoms with van der Waals surface area (Å²) in [6.45, 7) is 0. The first-order chi connectivity index (χ1) is 9.16. The predicted molar refractivity (Wildman–Crippen MR) is 77.4 cm³/mol. The average Bonchev–Trinajstić information content (AvgIpc) is 2.40. The average molecular weight is 291 g/mol. The van der Waals surface area contributed by atoms with Gasteiger partial charge in [0.25, 0.3) is 5.56 Å². The summed E-state index contributed by atoms with van der Waals surface area (Å²) in [5, 5.41) is 1.56. The molecule has 1 aromatic heterocycles. The molecule has 1 heterocycles. The van der Waals surface area contributed by atoms with E-state index in [-0.39, 0.29) is 5.56 Å². The number of hydrogen-bond donors (Lipinski definition) is 0. The molecule has 0 amide bonds. The van der Waals surface area contributed by atoms with Crippen LogP contribution in [-0.4, -0.2) is 9.55 Å². The van der Waals surface area contributed by atoms with E-state index in [9.17, 15) is 4.79 Å². The van der Waals surface area contributed by atoms with Crippen LogP contribution in [0.5, 0.6) is 0 Å². The lowest BCUT2D eigenvalue weighted by molar-refractivity contribution is 0.963. The van der Waals surface area contributed by atoms with E-state index in [1.807, 2.05) is 12.1 Å². The lowest BCUT2D eigenvalue weighted by atomic mass is 10.2. The van der Waals surface area contributed by atoms with Gasteiger partial charge >= 0.3 is 0 Å². The van der Waals surface area contributed by atoms with Crippen LogP contribution in [0.3, 0.4) is 0 Å². The quantitative estimate of drug-likeness (QED) is 0.685. The fraction of sp³-hybridized carbons (Fsp3) is 0. The normalized spacial score (nSPS) is 10.8. The fourth-order valence-corrected chi connectivity index (χ4v) is 2.31. The number of halogens is 2. The van der Waals surface area contributed by atoms with Crippen molar-refractivity contribution in [3.63, 3.8) is 0 Å². The smallest absolute Gasteiger partial charge is 0.265 e. The summed E-state index contributed by atoms with van der Waals surface area (Å²) in [7, 11) is 0. The molecule has 0 N–H and O–H groups in total. The molecule has 0 radical (unpaired) electrons. The lowest BCUT2D eigenvalue weighted by Gasteiger charge is -2.08. The van der Waals surface area contributed by atoms with Crippen molar-refractivity contribution in [2.45, 2.75) is 0 Å². The second kappa shape index (κ2) is 4.68. The minimum Gasteiger partial charge on any atom is -0.268 e. The molecule has 0 aliphatic carbocycles. The van der Waals surface area contributed by atoms with Gasteiger partial charge in [-0.2, -0.15) is 0 Å². The first-order valence-electron chi connectivity index (χ1n) is 5.58. The Bertz CT molecular complexity index is 827. The van der Waals surface area contributed by atoms with Gasteiger partial charge in [0.05, 0.1) is 21.6 Å². The van der Waals surface area contributed by atoms with E-state index in [0.717, 1.165) is 0 Å². The van der Waals surface area contributed by atoms with E-state index >= 15 is 0 Å². The molecule has 3 aromatic rings. The molecule has 0 spiro atoms. The number of benzene rings is 2. The van der Waals surface area contributed by atoms with Gasteiger partial charge in [0.15, 0.2) is 0 Å². The van der Waals surface area contributed by atoms with Crippen molar-refractivity contribution >= 4 is 34.1 Å². The first kappa shape index (κ1) is 12.2. The number of aromatic nitrogens is 2. The van der Waals surface area contributed by atoms with Gasteiger partial charge in [-0.15, -0.1) is 0 Å². The molecule has 94 valence electrons. The van der Waals surface area contributed by atoms with Crippen LogP contribution in [0.15, 0.2) is 53.6 Å². The molecule has 0 aliphatic heterocycles. The van der Waals surface area contributed by atoms with E-state index in [0.29, 0.717) is 26.6 Å². The topological polar surface area (TPSA) is 34.9 Å². The maximum atomic E-state index is 12.4. The van der Waals surface area contributed by atoms with E-state index < -0.39 is 0 Å². The highest BCUT2D eigenvalue weighted by atomic mass is 35.5. The third-order valence-corrected chi connectivity index (χ3v) is 3.39. The molecular formula is C14H8Cl2N2O. The van der Waals surface area contributed by atoms with Crippen LogP contribution < -0.4 is 5.56 Å². The molecule has 5 heteroatoms. The Balaban J connectivity index is 2.33. The van der Waals surface area contributed by atoms with Crippen molar-refractivity contribution in [2.75, 3.05) is 0 Å². The van der Waals surface area contributed by atoms with Crippen LogP contribution in [0.25, 0.3) is 16.6 Å². The van der Waals surface area contributed by atoms with Gasteiger partial charge in [-0.05, 0) is 30.3 Å². The number of para-hydroxylation sites is 1. The summed E-state index contributed by atoms with van der Waals surface area (Å²) >= 11 is 12.0. The van der Waals surface area contributed by atoms with Gasteiger partial charge in [0, 0.05) is 5.02 Å². The Morgan fingerprint density at radius 1 is 1.05 bits per heavy atom.